The van der Waals surface area contributed by atoms with Crippen molar-refractivity contribution >= 4 is 11.6 Å². The highest BCUT2D eigenvalue weighted by Crippen LogP contribution is 2.68. The molecular formula is C33H51N3O3. The molecule has 5 aliphatic rings. The standard InChI is InChI=1S/C33H51N3O3/c1-22(4-9-31(39)36-18-16-35(17-19-36)24-11-14-34-15-12-24)27-7-8-28-26-6-5-23-20-25(37)10-13-32(23,2)29(26)21-30(38)33(27,28)3/h11-12,14-15,22-23,25-30,37-38H,4-10,13,16-21H2,1-3H3/t22-,23-,25-,26+,27?,28+,29+,30+,32+,33-/m1/s1. The number of anilines is 1. The van der Waals surface area contributed by atoms with E-state index >= 15 is 0 Å². The lowest BCUT2D eigenvalue weighted by Crippen LogP contribution is -2.58. The molecule has 6 nitrogen and oxygen atoms in total. The predicted octanol–water partition coefficient (Wildman–Crippen LogP) is 5.14. The van der Waals surface area contributed by atoms with Crippen molar-refractivity contribution in [3.63, 3.8) is 0 Å². The molecule has 5 fully saturated rings. The van der Waals surface area contributed by atoms with Crippen LogP contribution in [0.25, 0.3) is 0 Å². The number of fused-ring (bicyclic) bond motifs is 5. The second-order valence-corrected chi connectivity index (χ2v) is 14.5. The number of carbonyl (C=O) groups is 1. The molecule has 1 amide bonds. The van der Waals surface area contributed by atoms with Gasteiger partial charge in [-0.15, -0.1) is 0 Å². The number of hydrogen-bond donors (Lipinski definition) is 2. The molecule has 6 rings (SSSR count). The zero-order chi connectivity index (χ0) is 27.4. The minimum atomic E-state index is -0.252. The van der Waals surface area contributed by atoms with Gasteiger partial charge in [0.1, 0.15) is 0 Å². The maximum absolute atomic E-state index is 13.2. The van der Waals surface area contributed by atoms with Crippen LogP contribution >= 0.6 is 0 Å². The van der Waals surface area contributed by atoms with Gasteiger partial charge in [0, 0.05) is 50.7 Å². The Labute approximate surface area is 235 Å². The van der Waals surface area contributed by atoms with Crippen LogP contribution in [0, 0.1) is 46.3 Å². The Balaban J connectivity index is 1.06. The molecule has 39 heavy (non-hydrogen) atoms. The number of amides is 1. The molecule has 0 radical (unpaired) electrons. The first kappa shape index (κ1) is 27.5. The largest absolute Gasteiger partial charge is 0.393 e. The summed E-state index contributed by atoms with van der Waals surface area (Å²) in [6, 6.07) is 4.09. The van der Waals surface area contributed by atoms with E-state index < -0.39 is 0 Å². The molecule has 1 aromatic rings. The van der Waals surface area contributed by atoms with Crippen molar-refractivity contribution in [3.05, 3.63) is 24.5 Å². The molecule has 1 aromatic heterocycles. The van der Waals surface area contributed by atoms with E-state index in [4.69, 9.17) is 0 Å². The van der Waals surface area contributed by atoms with Crippen molar-refractivity contribution in [2.24, 2.45) is 46.3 Å². The van der Waals surface area contributed by atoms with Gasteiger partial charge in [0.05, 0.1) is 12.2 Å². The first-order valence-electron chi connectivity index (χ1n) is 16.0. The van der Waals surface area contributed by atoms with E-state index in [9.17, 15) is 15.0 Å². The molecule has 4 saturated carbocycles. The summed E-state index contributed by atoms with van der Waals surface area (Å²) < 4.78 is 0. The Morgan fingerprint density at radius 3 is 2.49 bits per heavy atom. The Morgan fingerprint density at radius 2 is 1.74 bits per heavy atom. The summed E-state index contributed by atoms with van der Waals surface area (Å²) in [6.45, 7) is 10.6. The molecule has 1 unspecified atom stereocenters. The molecule has 10 atom stereocenters. The van der Waals surface area contributed by atoms with E-state index in [2.05, 4.69) is 35.6 Å². The SMILES string of the molecule is C[C@H](CCC(=O)N1CCN(c2ccncc2)CC1)C1CC[C@H]2[C@@H]3CC[C@@H]4C[C@H](O)CC[C@]4(C)[C@H]3C[C@H](O)[C@]12C. The summed E-state index contributed by atoms with van der Waals surface area (Å²) in [5.41, 5.74) is 1.44. The van der Waals surface area contributed by atoms with Gasteiger partial charge in [-0.05, 0) is 116 Å². The van der Waals surface area contributed by atoms with Gasteiger partial charge in [-0.1, -0.05) is 20.8 Å². The van der Waals surface area contributed by atoms with Crippen LogP contribution in [0.1, 0.15) is 85.0 Å². The van der Waals surface area contributed by atoms with E-state index in [0.717, 1.165) is 58.3 Å². The van der Waals surface area contributed by atoms with Gasteiger partial charge in [-0.25, -0.2) is 0 Å². The number of aliphatic hydroxyl groups is 2. The van der Waals surface area contributed by atoms with Crippen LogP contribution in [0.4, 0.5) is 5.69 Å². The van der Waals surface area contributed by atoms with Gasteiger partial charge in [0.15, 0.2) is 0 Å². The predicted molar refractivity (Wildman–Crippen MR) is 154 cm³/mol. The van der Waals surface area contributed by atoms with E-state index in [1.165, 1.54) is 31.4 Å². The summed E-state index contributed by atoms with van der Waals surface area (Å²) in [6.07, 6.45) is 13.7. The number of rotatable bonds is 5. The summed E-state index contributed by atoms with van der Waals surface area (Å²) in [4.78, 5) is 21.7. The van der Waals surface area contributed by atoms with Crippen molar-refractivity contribution in [1.29, 1.82) is 0 Å². The van der Waals surface area contributed by atoms with Crippen molar-refractivity contribution in [2.45, 2.75) is 97.2 Å². The summed E-state index contributed by atoms with van der Waals surface area (Å²) in [7, 11) is 0. The molecule has 0 bridgehead atoms. The van der Waals surface area contributed by atoms with Gasteiger partial charge in [0.25, 0.3) is 0 Å². The normalized spacial score (nSPS) is 42.8. The third-order valence-corrected chi connectivity index (χ3v) is 13.0. The maximum Gasteiger partial charge on any atom is 0.222 e. The molecule has 1 saturated heterocycles. The number of carbonyl (C=O) groups excluding carboxylic acids is 1. The average Bonchev–Trinajstić information content (AvgIpc) is 3.32. The van der Waals surface area contributed by atoms with E-state index in [1.54, 1.807) is 0 Å². The zero-order valence-electron chi connectivity index (χ0n) is 24.5. The third-order valence-electron chi connectivity index (χ3n) is 13.0. The average molecular weight is 538 g/mol. The first-order valence-corrected chi connectivity index (χ1v) is 16.0. The number of nitrogens with zero attached hydrogens (tertiary/aromatic N) is 3. The van der Waals surface area contributed by atoms with Gasteiger partial charge < -0.3 is 20.0 Å². The van der Waals surface area contributed by atoms with Crippen LogP contribution in [0.15, 0.2) is 24.5 Å². The minimum absolute atomic E-state index is 0.0306. The first-order chi connectivity index (χ1) is 18.7. The number of aliphatic hydroxyl groups excluding tert-OH is 2. The maximum atomic E-state index is 13.2. The lowest BCUT2D eigenvalue weighted by Gasteiger charge is -2.62. The second kappa shape index (κ2) is 10.6. The van der Waals surface area contributed by atoms with Crippen LogP contribution in [0.3, 0.4) is 0 Å². The fourth-order valence-electron chi connectivity index (χ4n) is 10.6. The second-order valence-electron chi connectivity index (χ2n) is 14.5. The Hall–Kier alpha value is -1.66. The van der Waals surface area contributed by atoms with Gasteiger partial charge in [-0.2, -0.15) is 0 Å². The van der Waals surface area contributed by atoms with Crippen LogP contribution < -0.4 is 4.90 Å². The van der Waals surface area contributed by atoms with Crippen molar-refractivity contribution in [1.82, 2.24) is 9.88 Å². The highest BCUT2D eigenvalue weighted by Gasteiger charge is 2.63. The fourth-order valence-corrected chi connectivity index (χ4v) is 10.6. The molecule has 0 aromatic carbocycles. The van der Waals surface area contributed by atoms with Crippen LogP contribution in [-0.2, 0) is 4.79 Å². The molecule has 1 aliphatic heterocycles. The lowest BCUT2D eigenvalue weighted by atomic mass is 9.43. The Morgan fingerprint density at radius 1 is 1.00 bits per heavy atom. The monoisotopic (exact) mass is 537 g/mol. The Kier molecular flexibility index (Phi) is 7.50. The van der Waals surface area contributed by atoms with E-state index in [0.29, 0.717) is 47.8 Å². The third kappa shape index (κ3) is 4.71. The van der Waals surface area contributed by atoms with Crippen LogP contribution in [0.5, 0.6) is 0 Å². The molecule has 4 aliphatic carbocycles. The summed E-state index contributed by atoms with van der Waals surface area (Å²) >= 11 is 0. The molecule has 2 N–H and O–H groups in total. The number of hydrogen-bond acceptors (Lipinski definition) is 5. The smallest absolute Gasteiger partial charge is 0.222 e. The van der Waals surface area contributed by atoms with E-state index in [1.807, 2.05) is 24.5 Å². The lowest BCUT2D eigenvalue weighted by molar-refractivity contribution is -0.175. The zero-order valence-corrected chi connectivity index (χ0v) is 24.5. The van der Waals surface area contributed by atoms with E-state index in [-0.39, 0.29) is 23.0 Å². The van der Waals surface area contributed by atoms with Gasteiger partial charge in [-0.3, -0.25) is 9.78 Å². The van der Waals surface area contributed by atoms with Gasteiger partial charge >= 0.3 is 0 Å². The minimum Gasteiger partial charge on any atom is -0.393 e. The topological polar surface area (TPSA) is 76.9 Å². The number of aromatic nitrogens is 1. The molecule has 0 spiro atoms. The quantitative estimate of drug-likeness (QED) is 0.544. The molecule has 2 heterocycles. The van der Waals surface area contributed by atoms with Crippen molar-refractivity contribution < 1.29 is 15.0 Å². The number of piperazine rings is 1. The highest BCUT2D eigenvalue weighted by atomic mass is 16.3. The van der Waals surface area contributed by atoms with Crippen LogP contribution in [0.2, 0.25) is 0 Å². The van der Waals surface area contributed by atoms with Gasteiger partial charge in [0.2, 0.25) is 5.91 Å². The van der Waals surface area contributed by atoms with Crippen molar-refractivity contribution in [2.75, 3.05) is 31.1 Å². The molecular weight excluding hydrogens is 486 g/mol. The van der Waals surface area contributed by atoms with Crippen molar-refractivity contribution in [3.8, 4) is 0 Å². The summed E-state index contributed by atoms with van der Waals surface area (Å²) in [5.74, 6) is 3.76. The molecule has 6 heteroatoms. The fraction of sp³-hybridized carbons (Fsp3) is 0.818. The number of pyridine rings is 1. The molecule has 216 valence electrons. The Bertz CT molecular complexity index is 1010. The highest BCUT2D eigenvalue weighted by molar-refractivity contribution is 5.76. The van der Waals surface area contributed by atoms with Crippen LogP contribution in [-0.4, -0.2) is 64.4 Å². The summed E-state index contributed by atoms with van der Waals surface area (Å²) in [5, 5.41) is 22.2.